The summed E-state index contributed by atoms with van der Waals surface area (Å²) >= 11 is -1.48. The number of hydrogen-bond acceptors (Lipinski definition) is 5. The molecule has 2 N–H and O–H groups in total. The van der Waals surface area contributed by atoms with Crippen LogP contribution >= 0.6 is 11.3 Å². The van der Waals surface area contributed by atoms with E-state index >= 15 is 0 Å². The first-order valence-electron chi connectivity index (χ1n) is 4.58. The first kappa shape index (κ1) is 12.7. The topological polar surface area (TPSA) is 109 Å². The molecule has 0 radical (unpaired) electrons. The van der Waals surface area contributed by atoms with Crippen molar-refractivity contribution >= 4 is 39.4 Å². The highest BCUT2D eigenvalue weighted by Crippen LogP contribution is 2.32. The molecule has 2 aromatic rings. The number of aryl methyl sites for hydroxylation is 1. The third-order valence-electron chi connectivity index (χ3n) is 2.00. The predicted molar refractivity (Wildman–Crippen MR) is 65.2 cm³/mol. The van der Waals surface area contributed by atoms with Gasteiger partial charge >= 0.3 is 5.97 Å². The average Bonchev–Trinajstić information content (AvgIpc) is 2.88. The van der Waals surface area contributed by atoms with Gasteiger partial charge in [0, 0.05) is 19.3 Å². The predicted octanol–water partition coefficient (Wildman–Crippen LogP) is 0.850. The van der Waals surface area contributed by atoms with Crippen LogP contribution in [0, 0.1) is 0 Å². The van der Waals surface area contributed by atoms with Crippen LogP contribution in [-0.2, 0) is 18.3 Å². The summed E-state index contributed by atoms with van der Waals surface area (Å²) in [5.74, 6) is -1.09. The lowest BCUT2D eigenvalue weighted by Gasteiger charge is -2.14. The van der Waals surface area contributed by atoms with Crippen molar-refractivity contribution in [3.8, 4) is 0 Å². The molecule has 0 saturated carbocycles. The van der Waals surface area contributed by atoms with Gasteiger partial charge in [0.1, 0.15) is 5.00 Å². The van der Waals surface area contributed by atoms with E-state index in [1.807, 2.05) is 0 Å². The third kappa shape index (κ3) is 2.25. The minimum atomic E-state index is -2.43. The lowest BCUT2D eigenvalue weighted by molar-refractivity contribution is 0.0692. The first-order chi connectivity index (χ1) is 8.50. The Balaban J connectivity index is 2.52. The second-order valence-electron chi connectivity index (χ2n) is 3.18. The van der Waals surface area contributed by atoms with Crippen LogP contribution in [0.2, 0.25) is 0 Å². The van der Waals surface area contributed by atoms with Crippen LogP contribution < -0.4 is 4.31 Å². The molecule has 0 aliphatic heterocycles. The van der Waals surface area contributed by atoms with E-state index in [0.29, 0.717) is 0 Å². The zero-order chi connectivity index (χ0) is 13.3. The van der Waals surface area contributed by atoms with E-state index in [2.05, 4.69) is 10.1 Å². The van der Waals surface area contributed by atoms with Crippen molar-refractivity contribution in [3.63, 3.8) is 0 Å². The van der Waals surface area contributed by atoms with Crippen LogP contribution in [0.15, 0.2) is 17.8 Å². The van der Waals surface area contributed by atoms with Crippen molar-refractivity contribution in [2.45, 2.75) is 0 Å². The molecule has 0 saturated heterocycles. The van der Waals surface area contributed by atoms with Gasteiger partial charge in [0.05, 0.1) is 5.51 Å². The first-order valence-corrected chi connectivity index (χ1v) is 6.52. The van der Waals surface area contributed by atoms with Gasteiger partial charge in [-0.1, -0.05) is 0 Å². The molecule has 96 valence electrons. The van der Waals surface area contributed by atoms with Gasteiger partial charge in [-0.15, -0.1) is 11.3 Å². The lowest BCUT2D eigenvalue weighted by Crippen LogP contribution is -2.21. The SMILES string of the molecule is Cn1ccc(N(c2scnc2C(=O)O)S(=O)O)n1. The molecule has 0 amide bonds. The molecule has 18 heavy (non-hydrogen) atoms. The molecule has 0 aromatic carbocycles. The number of hydrogen-bond donors (Lipinski definition) is 2. The number of aromatic carboxylic acids is 1. The molecule has 2 rings (SSSR count). The Labute approximate surface area is 108 Å². The third-order valence-corrected chi connectivity index (χ3v) is 3.61. The standard InChI is InChI=1S/C8H8N4O4S2/c1-11-3-2-5(10-11)12(18(15)16)7-6(8(13)14)9-4-17-7/h2-4H,1H3,(H,13,14)(H,15,16). The van der Waals surface area contributed by atoms with E-state index in [1.54, 1.807) is 13.2 Å². The lowest BCUT2D eigenvalue weighted by atomic mass is 10.4. The number of carbonyl (C=O) groups is 1. The van der Waals surface area contributed by atoms with E-state index in [0.717, 1.165) is 15.6 Å². The number of thiazole rings is 1. The van der Waals surface area contributed by atoms with Gasteiger partial charge in [-0.2, -0.15) is 5.10 Å². The van der Waals surface area contributed by atoms with E-state index in [9.17, 15) is 13.6 Å². The molecule has 1 atom stereocenters. The van der Waals surface area contributed by atoms with Crippen molar-refractivity contribution in [1.82, 2.24) is 14.8 Å². The van der Waals surface area contributed by atoms with Crippen LogP contribution in [0.3, 0.4) is 0 Å². The van der Waals surface area contributed by atoms with Crippen LogP contribution in [0.25, 0.3) is 0 Å². The van der Waals surface area contributed by atoms with Gasteiger partial charge in [0.15, 0.2) is 11.5 Å². The van der Waals surface area contributed by atoms with Gasteiger partial charge in [-0.3, -0.25) is 9.23 Å². The quantitative estimate of drug-likeness (QED) is 0.807. The molecule has 10 heteroatoms. The molecule has 0 spiro atoms. The number of anilines is 2. The molecule has 0 bridgehead atoms. The minimum absolute atomic E-state index is 0.0574. The zero-order valence-corrected chi connectivity index (χ0v) is 10.7. The molecule has 0 aliphatic carbocycles. The number of rotatable bonds is 4. The monoisotopic (exact) mass is 288 g/mol. The van der Waals surface area contributed by atoms with Gasteiger partial charge < -0.3 is 5.11 Å². The summed E-state index contributed by atoms with van der Waals surface area (Å²) < 4.78 is 23.0. The maximum absolute atomic E-state index is 11.4. The summed E-state index contributed by atoms with van der Waals surface area (Å²) in [7, 11) is 1.65. The Morgan fingerprint density at radius 1 is 1.61 bits per heavy atom. The highest BCUT2D eigenvalue weighted by molar-refractivity contribution is 7.81. The summed E-state index contributed by atoms with van der Waals surface area (Å²) in [6, 6.07) is 1.50. The van der Waals surface area contributed by atoms with E-state index in [-0.39, 0.29) is 16.5 Å². The van der Waals surface area contributed by atoms with Gasteiger partial charge in [-0.05, 0) is 0 Å². The molecule has 2 heterocycles. The minimum Gasteiger partial charge on any atom is -0.476 e. The zero-order valence-electron chi connectivity index (χ0n) is 9.05. The number of carboxylic acids is 1. The van der Waals surface area contributed by atoms with Gasteiger partial charge in [0.25, 0.3) is 11.3 Å². The Bertz CT molecular complexity index is 608. The second-order valence-corrected chi connectivity index (χ2v) is 4.84. The fourth-order valence-electron chi connectivity index (χ4n) is 1.30. The summed E-state index contributed by atoms with van der Waals surface area (Å²) in [6.07, 6.45) is 1.58. The Kier molecular flexibility index (Phi) is 3.41. The molecule has 1 unspecified atom stereocenters. The summed E-state index contributed by atoms with van der Waals surface area (Å²) in [5.41, 5.74) is 1.01. The van der Waals surface area contributed by atoms with Crippen LogP contribution in [0.4, 0.5) is 10.8 Å². The number of carboxylic acid groups (broad SMARTS) is 1. The molecular formula is C8H8N4O4S2. The molecule has 2 aromatic heterocycles. The molecule has 8 nitrogen and oxygen atoms in total. The highest BCUT2D eigenvalue weighted by atomic mass is 32.2. The summed E-state index contributed by atoms with van der Waals surface area (Å²) in [6.45, 7) is 0. The van der Waals surface area contributed by atoms with Gasteiger partial charge in [-0.25, -0.2) is 18.3 Å². The fourth-order valence-corrected chi connectivity index (χ4v) is 2.80. The van der Waals surface area contributed by atoms with E-state index in [4.69, 9.17) is 5.11 Å². The second kappa shape index (κ2) is 4.84. The van der Waals surface area contributed by atoms with Crippen molar-refractivity contribution < 1.29 is 18.7 Å². The average molecular weight is 288 g/mol. The highest BCUT2D eigenvalue weighted by Gasteiger charge is 2.26. The van der Waals surface area contributed by atoms with E-state index in [1.165, 1.54) is 16.3 Å². The molecular weight excluding hydrogens is 280 g/mol. The maximum Gasteiger partial charge on any atom is 0.357 e. The Morgan fingerprint density at radius 3 is 2.83 bits per heavy atom. The summed E-state index contributed by atoms with van der Waals surface area (Å²) in [4.78, 5) is 14.6. The maximum atomic E-state index is 11.4. The van der Waals surface area contributed by atoms with Crippen LogP contribution in [-0.4, -0.2) is 34.6 Å². The molecule has 0 aliphatic rings. The normalized spacial score (nSPS) is 12.3. The summed E-state index contributed by atoms with van der Waals surface area (Å²) in [5, 5.41) is 13.0. The Morgan fingerprint density at radius 2 is 2.33 bits per heavy atom. The van der Waals surface area contributed by atoms with Gasteiger partial charge in [0.2, 0.25) is 0 Å². The largest absolute Gasteiger partial charge is 0.476 e. The Hall–Kier alpha value is -1.78. The fraction of sp³-hybridized carbons (Fsp3) is 0.125. The van der Waals surface area contributed by atoms with Crippen molar-refractivity contribution in [2.24, 2.45) is 7.05 Å². The molecule has 0 fully saturated rings. The number of aromatic nitrogens is 3. The van der Waals surface area contributed by atoms with Crippen LogP contribution in [0.1, 0.15) is 10.5 Å². The van der Waals surface area contributed by atoms with Crippen molar-refractivity contribution in [1.29, 1.82) is 0 Å². The van der Waals surface area contributed by atoms with Crippen molar-refractivity contribution in [2.75, 3.05) is 4.31 Å². The van der Waals surface area contributed by atoms with Crippen molar-refractivity contribution in [3.05, 3.63) is 23.5 Å². The number of nitrogens with zero attached hydrogens (tertiary/aromatic N) is 4. The smallest absolute Gasteiger partial charge is 0.357 e. The van der Waals surface area contributed by atoms with E-state index < -0.39 is 17.2 Å². The van der Waals surface area contributed by atoms with Crippen LogP contribution in [0.5, 0.6) is 0 Å².